The molecule has 1 aromatic carbocycles. The van der Waals surface area contributed by atoms with Crippen LogP contribution in [0, 0.1) is 11.8 Å². The van der Waals surface area contributed by atoms with Crippen molar-refractivity contribution < 1.29 is 23.7 Å². The van der Waals surface area contributed by atoms with Crippen molar-refractivity contribution in [3.05, 3.63) is 58.8 Å². The van der Waals surface area contributed by atoms with Crippen molar-refractivity contribution in [1.29, 1.82) is 0 Å². The van der Waals surface area contributed by atoms with E-state index < -0.39 is 0 Å². The maximum atomic E-state index is 12.7. The lowest BCUT2D eigenvalue weighted by atomic mass is 9.79. The Kier molecular flexibility index (Phi) is 5.30. The van der Waals surface area contributed by atoms with Crippen LogP contribution in [0.1, 0.15) is 5.56 Å². The second kappa shape index (κ2) is 7.65. The van der Waals surface area contributed by atoms with Gasteiger partial charge in [-0.15, -0.1) is 0 Å². The van der Waals surface area contributed by atoms with Crippen molar-refractivity contribution in [1.82, 2.24) is 5.32 Å². The van der Waals surface area contributed by atoms with Crippen LogP contribution in [-0.4, -0.2) is 34.3 Å². The van der Waals surface area contributed by atoms with Gasteiger partial charge in [-0.25, -0.2) is 0 Å². The molecule has 2 aliphatic rings. The van der Waals surface area contributed by atoms with E-state index in [1.54, 1.807) is 34.5 Å². The first kappa shape index (κ1) is 18.7. The van der Waals surface area contributed by atoms with Gasteiger partial charge in [0.15, 0.2) is 23.0 Å². The number of benzene rings is 1. The fraction of sp³-hybridized carbons (Fsp3) is 0.350. The second-order valence-corrected chi connectivity index (χ2v) is 6.29. The van der Waals surface area contributed by atoms with Crippen LogP contribution in [0.25, 0.3) is 0 Å². The van der Waals surface area contributed by atoms with Gasteiger partial charge in [0.2, 0.25) is 5.91 Å². The third-order valence-corrected chi connectivity index (χ3v) is 4.96. The number of carbonyl (C=O) groups excluding carboxylic acids is 1. The molecule has 1 fully saturated rings. The highest BCUT2D eigenvalue weighted by Gasteiger charge is 2.44. The number of nitrogens with one attached hydrogen (secondary N) is 1. The summed E-state index contributed by atoms with van der Waals surface area (Å²) in [6.07, 6.45) is 3.80. The summed E-state index contributed by atoms with van der Waals surface area (Å²) < 4.78 is 21.5. The van der Waals surface area contributed by atoms with E-state index >= 15 is 0 Å². The Bertz CT molecular complexity index is 841. The number of ether oxygens (including phenoxy) is 4. The van der Waals surface area contributed by atoms with E-state index in [1.165, 1.54) is 6.20 Å². The van der Waals surface area contributed by atoms with Crippen molar-refractivity contribution in [3.63, 3.8) is 0 Å². The Hall–Kier alpha value is -3.09. The molecular weight excluding hydrogens is 348 g/mol. The van der Waals surface area contributed by atoms with Gasteiger partial charge in [0, 0.05) is 29.5 Å². The zero-order valence-corrected chi connectivity index (χ0v) is 15.9. The van der Waals surface area contributed by atoms with Crippen LogP contribution in [0.5, 0.6) is 11.5 Å². The van der Waals surface area contributed by atoms with Crippen LogP contribution in [0.3, 0.4) is 0 Å². The lowest BCUT2D eigenvalue weighted by molar-refractivity contribution is -0.122. The molecule has 7 nitrogen and oxygen atoms in total. The van der Waals surface area contributed by atoms with E-state index in [1.807, 2.05) is 18.2 Å². The number of fused-ring (bicyclic) bond motifs is 1. The molecule has 0 aromatic heterocycles. The standard InChI is InChI=1S/C20H24N2O5/c1-24-15-6-5-11(8-16(15)25-2)7-12-18-13(10-21)19(27-4)17(26-3)9-14(18)22-20(12)23/h5-6,8-10,12,18H,7,21H2,1-4H3,(H,22,23). The molecule has 3 N–H and O–H groups in total. The number of rotatable bonds is 6. The number of hydrogen-bond donors (Lipinski definition) is 2. The Morgan fingerprint density at radius 2 is 1.81 bits per heavy atom. The minimum atomic E-state index is -0.326. The highest BCUT2D eigenvalue weighted by Crippen LogP contribution is 2.43. The molecule has 0 saturated carbocycles. The summed E-state index contributed by atoms with van der Waals surface area (Å²) in [6, 6.07) is 5.65. The highest BCUT2D eigenvalue weighted by molar-refractivity contribution is 5.86. The van der Waals surface area contributed by atoms with E-state index in [9.17, 15) is 4.79 Å². The van der Waals surface area contributed by atoms with Crippen LogP contribution >= 0.6 is 0 Å². The minimum Gasteiger partial charge on any atom is -0.493 e. The summed E-state index contributed by atoms with van der Waals surface area (Å²) >= 11 is 0. The monoisotopic (exact) mass is 372 g/mol. The molecule has 0 bridgehead atoms. The topological polar surface area (TPSA) is 92.0 Å². The first-order valence-corrected chi connectivity index (χ1v) is 8.55. The zero-order valence-electron chi connectivity index (χ0n) is 15.9. The number of nitrogens with two attached hydrogens (primary N) is 1. The van der Waals surface area contributed by atoms with Crippen LogP contribution in [-0.2, 0) is 20.7 Å². The van der Waals surface area contributed by atoms with Crippen molar-refractivity contribution in [2.45, 2.75) is 6.42 Å². The first-order chi connectivity index (χ1) is 13.1. The molecule has 0 spiro atoms. The molecular formula is C20H24N2O5. The number of amides is 1. The molecule has 3 rings (SSSR count). The maximum absolute atomic E-state index is 12.7. The van der Waals surface area contributed by atoms with Crippen LogP contribution in [0.4, 0.5) is 0 Å². The molecule has 1 amide bonds. The molecule has 27 heavy (non-hydrogen) atoms. The Balaban J connectivity index is 1.95. The molecule has 2 atom stereocenters. The summed E-state index contributed by atoms with van der Waals surface area (Å²) in [6.45, 7) is 0. The molecule has 7 heteroatoms. The molecule has 0 radical (unpaired) electrons. The lowest BCUT2D eigenvalue weighted by Crippen LogP contribution is -2.24. The van der Waals surface area contributed by atoms with Crippen LogP contribution < -0.4 is 20.5 Å². The predicted molar refractivity (Wildman–Crippen MR) is 99.8 cm³/mol. The summed E-state index contributed by atoms with van der Waals surface area (Å²) in [7, 11) is 6.29. The van der Waals surface area contributed by atoms with Crippen LogP contribution in [0.2, 0.25) is 0 Å². The predicted octanol–water partition coefficient (Wildman–Crippen LogP) is 1.85. The normalized spacial score (nSPS) is 22.9. The van der Waals surface area contributed by atoms with E-state index in [-0.39, 0.29) is 17.7 Å². The fourth-order valence-corrected chi connectivity index (χ4v) is 3.70. The van der Waals surface area contributed by atoms with E-state index in [4.69, 9.17) is 24.7 Å². The number of carbonyl (C=O) groups is 1. The van der Waals surface area contributed by atoms with E-state index in [0.717, 1.165) is 16.8 Å². The van der Waals surface area contributed by atoms with Crippen LogP contribution in [0.15, 0.2) is 53.3 Å². The highest BCUT2D eigenvalue weighted by atomic mass is 16.5. The fourth-order valence-electron chi connectivity index (χ4n) is 3.70. The second-order valence-electron chi connectivity index (χ2n) is 6.29. The van der Waals surface area contributed by atoms with Gasteiger partial charge in [-0.05, 0) is 24.1 Å². The van der Waals surface area contributed by atoms with Gasteiger partial charge in [-0.2, -0.15) is 0 Å². The number of methoxy groups -OCH3 is 4. The summed E-state index contributed by atoms with van der Waals surface area (Å²) in [5, 5.41) is 2.95. The van der Waals surface area contributed by atoms with Gasteiger partial charge < -0.3 is 30.0 Å². The third-order valence-electron chi connectivity index (χ3n) is 4.96. The minimum absolute atomic E-state index is 0.0619. The molecule has 1 saturated heterocycles. The van der Waals surface area contributed by atoms with Crippen molar-refractivity contribution >= 4 is 5.91 Å². The van der Waals surface area contributed by atoms with E-state index in [2.05, 4.69) is 5.32 Å². The maximum Gasteiger partial charge on any atom is 0.228 e. The van der Waals surface area contributed by atoms with Gasteiger partial charge >= 0.3 is 0 Å². The van der Waals surface area contributed by atoms with Gasteiger partial charge in [-0.1, -0.05) is 6.07 Å². The first-order valence-electron chi connectivity index (χ1n) is 8.55. The molecule has 1 aliphatic heterocycles. The molecule has 1 aliphatic carbocycles. The zero-order chi connectivity index (χ0) is 19.6. The Morgan fingerprint density at radius 3 is 2.41 bits per heavy atom. The van der Waals surface area contributed by atoms with Crippen molar-refractivity contribution in [3.8, 4) is 11.5 Å². The number of hydrogen-bond acceptors (Lipinski definition) is 6. The largest absolute Gasteiger partial charge is 0.493 e. The van der Waals surface area contributed by atoms with Gasteiger partial charge in [0.25, 0.3) is 0 Å². The number of allylic oxidation sites excluding steroid dienone is 3. The quantitative estimate of drug-likeness (QED) is 0.792. The van der Waals surface area contributed by atoms with Gasteiger partial charge in [0.05, 0.1) is 34.4 Å². The Labute approximate surface area is 158 Å². The summed E-state index contributed by atoms with van der Waals surface area (Å²) in [5.41, 5.74) is 8.35. The molecule has 1 aromatic rings. The molecule has 1 heterocycles. The summed E-state index contributed by atoms with van der Waals surface area (Å²) in [5.74, 6) is 1.74. The van der Waals surface area contributed by atoms with E-state index in [0.29, 0.717) is 29.4 Å². The smallest absolute Gasteiger partial charge is 0.228 e. The Morgan fingerprint density at radius 1 is 1.07 bits per heavy atom. The van der Waals surface area contributed by atoms with Crippen molar-refractivity contribution in [2.24, 2.45) is 17.6 Å². The summed E-state index contributed by atoms with van der Waals surface area (Å²) in [4.78, 5) is 12.7. The third kappa shape index (κ3) is 3.20. The van der Waals surface area contributed by atoms with Gasteiger partial charge in [-0.3, -0.25) is 4.79 Å². The van der Waals surface area contributed by atoms with Crippen molar-refractivity contribution in [2.75, 3.05) is 28.4 Å². The molecule has 144 valence electrons. The van der Waals surface area contributed by atoms with Gasteiger partial charge in [0.1, 0.15) is 0 Å². The molecule has 2 unspecified atom stereocenters. The SMILES string of the molecule is COC1=C(OC)C(=CN)C2C(=C1)NC(=O)C2Cc1ccc(OC)c(OC)c1. The lowest BCUT2D eigenvalue weighted by Gasteiger charge is -2.27. The average molecular weight is 372 g/mol. The average Bonchev–Trinajstić information content (AvgIpc) is 3.00.